The van der Waals surface area contributed by atoms with Gasteiger partial charge in [-0.1, -0.05) is 24.3 Å². The summed E-state index contributed by atoms with van der Waals surface area (Å²) in [5.74, 6) is 1.51. The summed E-state index contributed by atoms with van der Waals surface area (Å²) in [5, 5.41) is 14.3. The second-order valence-electron chi connectivity index (χ2n) is 6.84. The van der Waals surface area contributed by atoms with Crippen molar-refractivity contribution in [3.05, 3.63) is 54.2 Å². The molecule has 1 aromatic heterocycles. The van der Waals surface area contributed by atoms with Crippen LogP contribution in [0.2, 0.25) is 0 Å². The molecule has 160 valence electrons. The SMILES string of the molecule is COc1cc(/C=N/Nc2nncc3ccccc23)ccc1OCC(=O)N1CCOCC1. The van der Waals surface area contributed by atoms with Crippen LogP contribution in [0, 0.1) is 0 Å². The zero-order chi connectivity index (χ0) is 21.5. The molecule has 9 nitrogen and oxygen atoms in total. The van der Waals surface area contributed by atoms with Gasteiger partial charge in [-0.3, -0.25) is 10.2 Å². The van der Waals surface area contributed by atoms with E-state index < -0.39 is 0 Å². The van der Waals surface area contributed by atoms with Crippen molar-refractivity contribution in [1.82, 2.24) is 15.1 Å². The minimum absolute atomic E-state index is 0.0505. The molecule has 1 aliphatic rings. The third kappa shape index (κ3) is 5.07. The van der Waals surface area contributed by atoms with Crippen LogP contribution in [0.3, 0.4) is 0 Å². The van der Waals surface area contributed by atoms with Crippen LogP contribution in [0.15, 0.2) is 53.8 Å². The lowest BCUT2D eigenvalue weighted by Crippen LogP contribution is -2.43. The minimum Gasteiger partial charge on any atom is -0.493 e. The van der Waals surface area contributed by atoms with E-state index in [0.717, 1.165) is 16.3 Å². The number of rotatable bonds is 7. The normalized spacial score (nSPS) is 14.0. The van der Waals surface area contributed by atoms with E-state index >= 15 is 0 Å². The highest BCUT2D eigenvalue weighted by Gasteiger charge is 2.18. The Morgan fingerprint density at radius 1 is 1.23 bits per heavy atom. The average molecular weight is 421 g/mol. The number of nitrogens with zero attached hydrogens (tertiary/aromatic N) is 4. The Balaban J connectivity index is 1.39. The van der Waals surface area contributed by atoms with Crippen molar-refractivity contribution >= 4 is 28.7 Å². The van der Waals surface area contributed by atoms with Crippen molar-refractivity contribution < 1.29 is 19.0 Å². The van der Waals surface area contributed by atoms with Gasteiger partial charge in [-0.15, -0.1) is 5.10 Å². The first-order chi connectivity index (χ1) is 15.2. The lowest BCUT2D eigenvalue weighted by atomic mass is 10.2. The van der Waals surface area contributed by atoms with Crippen molar-refractivity contribution in [2.75, 3.05) is 45.4 Å². The van der Waals surface area contributed by atoms with Gasteiger partial charge in [0.15, 0.2) is 23.9 Å². The molecular formula is C22H23N5O4. The number of carbonyl (C=O) groups excluding carboxylic acids is 1. The van der Waals surface area contributed by atoms with E-state index in [2.05, 4.69) is 20.7 Å². The third-order valence-corrected chi connectivity index (χ3v) is 4.86. The van der Waals surface area contributed by atoms with Crippen molar-refractivity contribution in [3.63, 3.8) is 0 Å². The summed E-state index contributed by atoms with van der Waals surface area (Å²) in [4.78, 5) is 14.0. The Morgan fingerprint density at radius 3 is 2.90 bits per heavy atom. The lowest BCUT2D eigenvalue weighted by molar-refractivity contribution is -0.137. The fraction of sp³-hybridized carbons (Fsp3) is 0.273. The fourth-order valence-electron chi connectivity index (χ4n) is 3.21. The van der Waals surface area contributed by atoms with Gasteiger partial charge >= 0.3 is 0 Å². The van der Waals surface area contributed by atoms with Gasteiger partial charge in [-0.05, 0) is 23.8 Å². The van der Waals surface area contributed by atoms with E-state index in [1.807, 2.05) is 30.3 Å². The van der Waals surface area contributed by atoms with E-state index in [1.165, 1.54) is 0 Å². The van der Waals surface area contributed by atoms with E-state index in [-0.39, 0.29) is 12.5 Å². The topological polar surface area (TPSA) is 98.2 Å². The van der Waals surface area contributed by atoms with Crippen LogP contribution in [-0.2, 0) is 9.53 Å². The number of carbonyl (C=O) groups is 1. The monoisotopic (exact) mass is 421 g/mol. The Labute approximate surface area is 179 Å². The molecule has 1 N–H and O–H groups in total. The summed E-state index contributed by atoms with van der Waals surface area (Å²) >= 11 is 0. The number of ether oxygens (including phenoxy) is 3. The predicted molar refractivity (Wildman–Crippen MR) is 117 cm³/mol. The van der Waals surface area contributed by atoms with Gasteiger partial charge in [-0.2, -0.15) is 10.2 Å². The van der Waals surface area contributed by atoms with Gasteiger partial charge in [0.2, 0.25) is 0 Å². The summed E-state index contributed by atoms with van der Waals surface area (Å²) in [5.41, 5.74) is 3.72. The van der Waals surface area contributed by atoms with Gasteiger partial charge < -0.3 is 19.1 Å². The molecule has 1 amide bonds. The molecule has 4 rings (SSSR count). The quantitative estimate of drug-likeness (QED) is 0.462. The fourth-order valence-corrected chi connectivity index (χ4v) is 3.21. The van der Waals surface area contributed by atoms with Gasteiger partial charge in [0.25, 0.3) is 5.91 Å². The number of hydrogen-bond donors (Lipinski definition) is 1. The average Bonchev–Trinajstić information content (AvgIpc) is 2.83. The van der Waals surface area contributed by atoms with E-state index in [9.17, 15) is 4.79 Å². The molecule has 0 saturated carbocycles. The van der Waals surface area contributed by atoms with Crippen molar-refractivity contribution in [3.8, 4) is 11.5 Å². The van der Waals surface area contributed by atoms with E-state index in [0.29, 0.717) is 43.6 Å². The second-order valence-corrected chi connectivity index (χ2v) is 6.84. The number of aromatic nitrogens is 2. The summed E-state index contributed by atoms with van der Waals surface area (Å²) in [7, 11) is 1.55. The highest BCUT2D eigenvalue weighted by molar-refractivity contribution is 5.91. The van der Waals surface area contributed by atoms with E-state index in [4.69, 9.17) is 14.2 Å². The Kier molecular flexibility index (Phi) is 6.53. The molecule has 1 fully saturated rings. The lowest BCUT2D eigenvalue weighted by Gasteiger charge is -2.26. The molecule has 31 heavy (non-hydrogen) atoms. The summed E-state index contributed by atoms with van der Waals surface area (Å²) in [6, 6.07) is 13.2. The number of anilines is 1. The van der Waals surface area contributed by atoms with Crippen molar-refractivity contribution in [2.45, 2.75) is 0 Å². The molecule has 0 aliphatic carbocycles. The Bertz CT molecular complexity index is 1080. The number of fused-ring (bicyclic) bond motifs is 1. The summed E-state index contributed by atoms with van der Waals surface area (Å²) in [6.07, 6.45) is 3.35. The number of hydrogen-bond acceptors (Lipinski definition) is 8. The summed E-state index contributed by atoms with van der Waals surface area (Å²) < 4.78 is 16.4. The minimum atomic E-state index is -0.0728. The molecule has 1 aliphatic heterocycles. The van der Waals surface area contributed by atoms with Crippen LogP contribution >= 0.6 is 0 Å². The zero-order valence-corrected chi connectivity index (χ0v) is 17.2. The van der Waals surface area contributed by atoms with Gasteiger partial charge in [0.05, 0.1) is 32.7 Å². The van der Waals surface area contributed by atoms with Gasteiger partial charge in [0.1, 0.15) is 0 Å². The molecule has 0 spiro atoms. The van der Waals surface area contributed by atoms with Crippen molar-refractivity contribution in [2.24, 2.45) is 5.10 Å². The van der Waals surface area contributed by atoms with Crippen LogP contribution in [-0.4, -0.2) is 67.2 Å². The first-order valence-electron chi connectivity index (χ1n) is 9.90. The number of benzene rings is 2. The largest absolute Gasteiger partial charge is 0.493 e. The first-order valence-corrected chi connectivity index (χ1v) is 9.90. The maximum atomic E-state index is 12.3. The predicted octanol–water partition coefficient (Wildman–Crippen LogP) is 2.32. The summed E-state index contributed by atoms with van der Waals surface area (Å²) in [6.45, 7) is 2.24. The van der Waals surface area contributed by atoms with Crippen LogP contribution in [0.5, 0.6) is 11.5 Å². The number of nitrogens with one attached hydrogen (secondary N) is 1. The Morgan fingerprint density at radius 2 is 2.06 bits per heavy atom. The number of hydrazone groups is 1. The van der Waals surface area contributed by atoms with Gasteiger partial charge in [0, 0.05) is 23.9 Å². The van der Waals surface area contributed by atoms with Crippen LogP contribution in [0.25, 0.3) is 10.8 Å². The van der Waals surface area contributed by atoms with Crippen LogP contribution in [0.1, 0.15) is 5.56 Å². The molecule has 1 saturated heterocycles. The maximum absolute atomic E-state index is 12.3. The zero-order valence-electron chi connectivity index (χ0n) is 17.2. The molecule has 2 heterocycles. The molecule has 2 aromatic carbocycles. The molecule has 0 radical (unpaired) electrons. The molecule has 0 atom stereocenters. The number of amides is 1. The highest BCUT2D eigenvalue weighted by Crippen LogP contribution is 2.27. The second kappa shape index (κ2) is 9.86. The maximum Gasteiger partial charge on any atom is 0.260 e. The molecule has 9 heteroatoms. The van der Waals surface area contributed by atoms with Crippen LogP contribution in [0.4, 0.5) is 5.82 Å². The smallest absolute Gasteiger partial charge is 0.260 e. The molecule has 0 bridgehead atoms. The Hall–Kier alpha value is -3.72. The number of morpholine rings is 1. The molecule has 3 aromatic rings. The van der Waals surface area contributed by atoms with Crippen molar-refractivity contribution in [1.29, 1.82) is 0 Å². The molecular weight excluding hydrogens is 398 g/mol. The highest BCUT2D eigenvalue weighted by atomic mass is 16.5. The van der Waals surface area contributed by atoms with E-state index in [1.54, 1.807) is 36.6 Å². The first kappa shape index (κ1) is 20.5. The third-order valence-electron chi connectivity index (χ3n) is 4.86. The number of methoxy groups -OCH3 is 1. The van der Waals surface area contributed by atoms with Crippen LogP contribution < -0.4 is 14.9 Å². The standard InChI is InChI=1S/C22H23N5O4/c1-29-20-12-16(6-7-19(20)31-15-21(28)27-8-10-30-11-9-27)13-23-25-22-18-5-3-2-4-17(18)14-24-26-22/h2-7,12-14H,8-11,15H2,1H3,(H,25,26)/b23-13+. The van der Waals surface area contributed by atoms with Gasteiger partial charge in [-0.25, -0.2) is 0 Å². The molecule has 0 unspecified atom stereocenters.